The predicted molar refractivity (Wildman–Crippen MR) is 62.8 cm³/mol. The summed E-state index contributed by atoms with van der Waals surface area (Å²) in [7, 11) is 0. The molecular formula is C12H22N2O2. The Morgan fingerprint density at radius 1 is 1.25 bits per heavy atom. The van der Waals surface area contributed by atoms with Gasteiger partial charge < -0.3 is 5.32 Å². The van der Waals surface area contributed by atoms with Crippen molar-refractivity contribution in [3.05, 3.63) is 0 Å². The van der Waals surface area contributed by atoms with Crippen molar-refractivity contribution in [1.82, 2.24) is 10.2 Å². The lowest BCUT2D eigenvalue weighted by molar-refractivity contribution is -0.139. The molecule has 4 heteroatoms. The monoisotopic (exact) mass is 226 g/mol. The minimum Gasteiger partial charge on any atom is -0.314 e. The van der Waals surface area contributed by atoms with Crippen molar-refractivity contribution in [2.75, 3.05) is 13.1 Å². The molecule has 0 spiro atoms. The zero-order valence-electron chi connectivity index (χ0n) is 10.6. The number of nitrogens with one attached hydrogen (secondary N) is 1. The van der Waals surface area contributed by atoms with Gasteiger partial charge in [-0.1, -0.05) is 20.8 Å². The molecule has 1 fully saturated rings. The molecule has 3 atom stereocenters. The normalized spacial score (nSPS) is 27.6. The van der Waals surface area contributed by atoms with Crippen molar-refractivity contribution in [3.63, 3.8) is 0 Å². The highest BCUT2D eigenvalue weighted by molar-refractivity contribution is 6.04. The Morgan fingerprint density at radius 3 is 2.19 bits per heavy atom. The number of amides is 2. The maximum absolute atomic E-state index is 11.8. The van der Waals surface area contributed by atoms with Crippen molar-refractivity contribution >= 4 is 11.8 Å². The maximum Gasteiger partial charge on any atom is 0.232 e. The van der Waals surface area contributed by atoms with Crippen LogP contribution in [0.25, 0.3) is 0 Å². The molecular weight excluding hydrogens is 204 g/mol. The van der Waals surface area contributed by atoms with E-state index in [2.05, 4.69) is 12.2 Å². The highest BCUT2D eigenvalue weighted by atomic mass is 16.2. The van der Waals surface area contributed by atoms with Crippen LogP contribution in [0.2, 0.25) is 0 Å². The molecule has 4 nitrogen and oxygen atoms in total. The molecule has 1 saturated heterocycles. The summed E-state index contributed by atoms with van der Waals surface area (Å²) >= 11 is 0. The van der Waals surface area contributed by atoms with Crippen LogP contribution in [-0.2, 0) is 9.59 Å². The van der Waals surface area contributed by atoms with Gasteiger partial charge in [-0.15, -0.1) is 0 Å². The molecule has 1 aliphatic rings. The standard InChI is InChI=1S/C12H22N2O2/c1-5-13-8(2)6-7-14-11(15)9(3)10(4)12(14)16/h8-10,13H,5-7H2,1-4H3. The van der Waals surface area contributed by atoms with E-state index in [4.69, 9.17) is 0 Å². The van der Waals surface area contributed by atoms with Crippen molar-refractivity contribution in [2.45, 2.75) is 40.2 Å². The van der Waals surface area contributed by atoms with Gasteiger partial charge in [0.15, 0.2) is 0 Å². The number of rotatable bonds is 5. The molecule has 0 saturated carbocycles. The Morgan fingerprint density at radius 2 is 1.75 bits per heavy atom. The fourth-order valence-electron chi connectivity index (χ4n) is 2.02. The van der Waals surface area contributed by atoms with Crippen LogP contribution in [0, 0.1) is 11.8 Å². The van der Waals surface area contributed by atoms with Crippen LogP contribution >= 0.6 is 0 Å². The first-order valence-electron chi connectivity index (χ1n) is 6.07. The highest BCUT2D eigenvalue weighted by Crippen LogP contribution is 2.25. The van der Waals surface area contributed by atoms with Crippen LogP contribution in [0.3, 0.4) is 0 Å². The molecule has 1 heterocycles. The van der Waals surface area contributed by atoms with Crippen LogP contribution < -0.4 is 5.32 Å². The van der Waals surface area contributed by atoms with Gasteiger partial charge in [-0.3, -0.25) is 14.5 Å². The van der Waals surface area contributed by atoms with E-state index in [0.717, 1.165) is 13.0 Å². The first kappa shape index (κ1) is 13.2. The van der Waals surface area contributed by atoms with Gasteiger partial charge >= 0.3 is 0 Å². The van der Waals surface area contributed by atoms with Gasteiger partial charge in [0.1, 0.15) is 0 Å². The quantitative estimate of drug-likeness (QED) is 0.712. The minimum atomic E-state index is -0.151. The lowest BCUT2D eigenvalue weighted by Crippen LogP contribution is -2.36. The highest BCUT2D eigenvalue weighted by Gasteiger charge is 2.41. The zero-order valence-corrected chi connectivity index (χ0v) is 10.6. The fraction of sp³-hybridized carbons (Fsp3) is 0.833. The summed E-state index contributed by atoms with van der Waals surface area (Å²) in [5.74, 6) is -0.328. The molecule has 0 bridgehead atoms. The maximum atomic E-state index is 11.8. The number of hydrogen-bond donors (Lipinski definition) is 1. The van der Waals surface area contributed by atoms with Crippen LogP contribution in [0.5, 0.6) is 0 Å². The Balaban J connectivity index is 2.49. The second-order valence-corrected chi connectivity index (χ2v) is 4.65. The Labute approximate surface area is 97.4 Å². The largest absolute Gasteiger partial charge is 0.314 e. The molecule has 0 radical (unpaired) electrons. The van der Waals surface area contributed by atoms with E-state index in [9.17, 15) is 9.59 Å². The molecule has 0 aliphatic carbocycles. The van der Waals surface area contributed by atoms with Gasteiger partial charge in [0.25, 0.3) is 0 Å². The second-order valence-electron chi connectivity index (χ2n) is 4.65. The number of nitrogens with zero attached hydrogens (tertiary/aromatic N) is 1. The van der Waals surface area contributed by atoms with Crippen molar-refractivity contribution in [1.29, 1.82) is 0 Å². The molecule has 92 valence electrons. The second kappa shape index (κ2) is 5.43. The summed E-state index contributed by atoms with van der Waals surface area (Å²) in [4.78, 5) is 25.0. The Kier molecular flexibility index (Phi) is 4.47. The minimum absolute atomic E-state index is 0.0128. The zero-order chi connectivity index (χ0) is 12.3. The molecule has 1 aliphatic heterocycles. The van der Waals surface area contributed by atoms with Gasteiger partial charge in [-0.05, 0) is 19.9 Å². The van der Waals surface area contributed by atoms with E-state index in [1.807, 2.05) is 20.8 Å². The lowest BCUT2D eigenvalue weighted by Gasteiger charge is -2.18. The molecule has 0 aromatic carbocycles. The first-order valence-corrected chi connectivity index (χ1v) is 6.07. The van der Waals surface area contributed by atoms with Crippen LogP contribution in [0.15, 0.2) is 0 Å². The number of likely N-dealkylation sites (tertiary alicyclic amines) is 1. The Bertz CT molecular complexity index is 258. The smallest absolute Gasteiger partial charge is 0.232 e. The van der Waals surface area contributed by atoms with E-state index in [0.29, 0.717) is 12.6 Å². The van der Waals surface area contributed by atoms with Crippen molar-refractivity contribution < 1.29 is 9.59 Å². The average Bonchev–Trinajstić information content (AvgIpc) is 2.42. The lowest BCUT2D eigenvalue weighted by atomic mass is 10.00. The first-order chi connectivity index (χ1) is 7.49. The fourth-order valence-corrected chi connectivity index (χ4v) is 2.02. The molecule has 16 heavy (non-hydrogen) atoms. The Hall–Kier alpha value is -0.900. The topological polar surface area (TPSA) is 49.4 Å². The van der Waals surface area contributed by atoms with Gasteiger partial charge in [-0.2, -0.15) is 0 Å². The summed E-state index contributed by atoms with van der Waals surface area (Å²) in [5, 5.41) is 3.27. The molecule has 0 aromatic rings. The third-order valence-electron chi connectivity index (χ3n) is 3.40. The number of imide groups is 1. The van der Waals surface area contributed by atoms with Crippen molar-refractivity contribution in [3.8, 4) is 0 Å². The molecule has 2 amide bonds. The van der Waals surface area contributed by atoms with Crippen molar-refractivity contribution in [2.24, 2.45) is 11.8 Å². The van der Waals surface area contributed by atoms with Crippen LogP contribution in [-0.4, -0.2) is 35.8 Å². The van der Waals surface area contributed by atoms with Gasteiger partial charge in [-0.25, -0.2) is 0 Å². The molecule has 1 rings (SSSR count). The number of carbonyl (C=O) groups excluding carboxylic acids is 2. The average molecular weight is 226 g/mol. The van der Waals surface area contributed by atoms with Crippen LogP contribution in [0.1, 0.15) is 34.1 Å². The van der Waals surface area contributed by atoms with E-state index >= 15 is 0 Å². The summed E-state index contributed by atoms with van der Waals surface area (Å²) in [6, 6.07) is 0.344. The van der Waals surface area contributed by atoms with Crippen LogP contribution in [0.4, 0.5) is 0 Å². The summed E-state index contributed by atoms with van der Waals surface area (Å²) in [6.45, 7) is 9.24. The predicted octanol–water partition coefficient (Wildman–Crippen LogP) is 1.02. The molecule has 1 N–H and O–H groups in total. The molecule has 3 unspecified atom stereocenters. The third-order valence-corrected chi connectivity index (χ3v) is 3.40. The third kappa shape index (κ3) is 2.61. The number of hydrogen-bond acceptors (Lipinski definition) is 3. The molecule has 0 aromatic heterocycles. The van der Waals surface area contributed by atoms with Gasteiger partial charge in [0, 0.05) is 24.4 Å². The van der Waals surface area contributed by atoms with E-state index in [1.54, 1.807) is 0 Å². The summed E-state index contributed by atoms with van der Waals surface area (Å²) in [5.41, 5.74) is 0. The van der Waals surface area contributed by atoms with E-state index < -0.39 is 0 Å². The summed E-state index contributed by atoms with van der Waals surface area (Å²) in [6.07, 6.45) is 0.824. The number of carbonyl (C=O) groups is 2. The van der Waals surface area contributed by atoms with E-state index in [-0.39, 0.29) is 23.7 Å². The van der Waals surface area contributed by atoms with E-state index in [1.165, 1.54) is 4.90 Å². The summed E-state index contributed by atoms with van der Waals surface area (Å²) < 4.78 is 0. The van der Waals surface area contributed by atoms with Gasteiger partial charge in [0.2, 0.25) is 11.8 Å². The van der Waals surface area contributed by atoms with Gasteiger partial charge in [0.05, 0.1) is 0 Å². The SMILES string of the molecule is CCNC(C)CCN1C(=O)C(C)C(C)C1=O.